The number of nitrogens with zero attached hydrogens (tertiary/aromatic N) is 1. The van der Waals surface area contributed by atoms with Crippen molar-refractivity contribution in [3.63, 3.8) is 0 Å². The Hall–Kier alpha value is -1.54. The fourth-order valence-corrected chi connectivity index (χ4v) is 1.66. The average Bonchev–Trinajstić information content (AvgIpc) is 2.30. The van der Waals surface area contributed by atoms with Gasteiger partial charge >= 0.3 is 0 Å². The van der Waals surface area contributed by atoms with E-state index in [0.29, 0.717) is 5.88 Å². The number of pyridine rings is 1. The van der Waals surface area contributed by atoms with Crippen molar-refractivity contribution < 1.29 is 4.74 Å². The number of methoxy groups -OCH3 is 1. The molecule has 0 saturated carbocycles. The first-order chi connectivity index (χ1) is 7.70. The summed E-state index contributed by atoms with van der Waals surface area (Å²) in [5.74, 6) is 0.641. The molecule has 2 aromatic rings. The van der Waals surface area contributed by atoms with Crippen molar-refractivity contribution in [3.8, 4) is 17.0 Å². The van der Waals surface area contributed by atoms with Crippen LogP contribution < -0.4 is 4.74 Å². The normalized spacial score (nSPS) is 10.2. The van der Waals surface area contributed by atoms with Gasteiger partial charge in [-0.25, -0.2) is 4.98 Å². The second-order valence-electron chi connectivity index (χ2n) is 3.52. The monoisotopic (exact) mass is 233 g/mol. The van der Waals surface area contributed by atoms with Crippen molar-refractivity contribution in [2.45, 2.75) is 6.92 Å². The third kappa shape index (κ3) is 2.17. The molecule has 0 bridgehead atoms. The largest absolute Gasteiger partial charge is 0.481 e. The van der Waals surface area contributed by atoms with Gasteiger partial charge in [0.05, 0.1) is 7.11 Å². The van der Waals surface area contributed by atoms with Gasteiger partial charge in [0.2, 0.25) is 5.88 Å². The summed E-state index contributed by atoms with van der Waals surface area (Å²) < 4.78 is 5.27. The first-order valence-electron chi connectivity index (χ1n) is 4.98. The highest BCUT2D eigenvalue weighted by Crippen LogP contribution is 2.29. The maximum absolute atomic E-state index is 5.85. The van der Waals surface area contributed by atoms with Crippen LogP contribution in [0.4, 0.5) is 0 Å². The van der Waals surface area contributed by atoms with Crippen LogP contribution in [-0.4, -0.2) is 12.1 Å². The van der Waals surface area contributed by atoms with Gasteiger partial charge < -0.3 is 4.74 Å². The molecule has 0 saturated heterocycles. The van der Waals surface area contributed by atoms with Gasteiger partial charge in [-0.15, -0.1) is 0 Å². The molecule has 0 N–H and O–H groups in total. The third-order valence-corrected chi connectivity index (χ3v) is 2.60. The van der Waals surface area contributed by atoms with Gasteiger partial charge in [0, 0.05) is 16.3 Å². The number of hydrogen-bond donors (Lipinski definition) is 0. The molecule has 0 atom stereocenters. The minimum absolute atomic E-state index is 0.641. The fourth-order valence-electron chi connectivity index (χ4n) is 1.54. The molecule has 3 heteroatoms. The van der Waals surface area contributed by atoms with Crippen LogP contribution in [0.3, 0.4) is 0 Å². The molecule has 0 aliphatic rings. The molecule has 0 aliphatic carbocycles. The van der Waals surface area contributed by atoms with Crippen LogP contribution in [0.5, 0.6) is 5.88 Å². The van der Waals surface area contributed by atoms with Crippen LogP contribution in [0.2, 0.25) is 5.02 Å². The summed E-state index contributed by atoms with van der Waals surface area (Å²) in [5.41, 5.74) is 2.97. The predicted octanol–water partition coefficient (Wildman–Crippen LogP) is 3.72. The SMILES string of the molecule is COc1nc(C)ccc1-c1ccc(Cl)cc1. The second-order valence-corrected chi connectivity index (χ2v) is 3.95. The van der Waals surface area contributed by atoms with E-state index >= 15 is 0 Å². The maximum atomic E-state index is 5.85. The lowest BCUT2D eigenvalue weighted by Gasteiger charge is -2.08. The highest BCUT2D eigenvalue weighted by molar-refractivity contribution is 6.30. The first kappa shape index (κ1) is 11.0. The molecule has 1 aromatic heterocycles. The average molecular weight is 234 g/mol. The van der Waals surface area contributed by atoms with E-state index in [-0.39, 0.29) is 0 Å². The molecule has 0 amide bonds. The summed E-state index contributed by atoms with van der Waals surface area (Å²) in [6.07, 6.45) is 0. The lowest BCUT2D eigenvalue weighted by molar-refractivity contribution is 0.399. The van der Waals surface area contributed by atoms with Crippen molar-refractivity contribution in [3.05, 3.63) is 47.1 Å². The summed E-state index contributed by atoms with van der Waals surface area (Å²) in [6.45, 7) is 1.94. The van der Waals surface area contributed by atoms with E-state index in [2.05, 4.69) is 4.98 Å². The first-order valence-corrected chi connectivity index (χ1v) is 5.36. The number of ether oxygens (including phenoxy) is 1. The molecule has 0 aliphatic heterocycles. The molecular weight excluding hydrogens is 222 g/mol. The summed E-state index contributed by atoms with van der Waals surface area (Å²) in [4.78, 5) is 4.34. The number of hydrogen-bond acceptors (Lipinski definition) is 2. The Morgan fingerprint density at radius 1 is 1.06 bits per heavy atom. The van der Waals surface area contributed by atoms with E-state index in [4.69, 9.17) is 16.3 Å². The number of benzene rings is 1. The van der Waals surface area contributed by atoms with Crippen molar-refractivity contribution in [1.82, 2.24) is 4.98 Å². The molecule has 16 heavy (non-hydrogen) atoms. The Morgan fingerprint density at radius 3 is 2.38 bits per heavy atom. The van der Waals surface area contributed by atoms with Crippen molar-refractivity contribution >= 4 is 11.6 Å². The lowest BCUT2D eigenvalue weighted by atomic mass is 10.1. The minimum atomic E-state index is 0.641. The second kappa shape index (κ2) is 4.54. The van der Waals surface area contributed by atoms with Crippen molar-refractivity contribution in [1.29, 1.82) is 0 Å². The van der Waals surface area contributed by atoms with Crippen LogP contribution in [-0.2, 0) is 0 Å². The van der Waals surface area contributed by atoms with Crippen molar-refractivity contribution in [2.75, 3.05) is 7.11 Å². The van der Waals surface area contributed by atoms with Gasteiger partial charge in [0.15, 0.2) is 0 Å². The Labute approximate surface area is 99.9 Å². The smallest absolute Gasteiger partial charge is 0.221 e. The van der Waals surface area contributed by atoms with E-state index in [0.717, 1.165) is 21.8 Å². The summed E-state index contributed by atoms with van der Waals surface area (Å²) in [6, 6.07) is 11.6. The molecule has 1 aromatic carbocycles. The predicted molar refractivity (Wildman–Crippen MR) is 66.0 cm³/mol. The number of rotatable bonds is 2. The zero-order chi connectivity index (χ0) is 11.5. The Balaban J connectivity index is 2.51. The minimum Gasteiger partial charge on any atom is -0.481 e. The molecule has 0 spiro atoms. The molecule has 82 valence electrons. The Morgan fingerprint density at radius 2 is 1.75 bits per heavy atom. The highest BCUT2D eigenvalue weighted by Gasteiger charge is 2.06. The van der Waals surface area contributed by atoms with Gasteiger partial charge in [0.1, 0.15) is 0 Å². The zero-order valence-corrected chi connectivity index (χ0v) is 9.95. The lowest BCUT2D eigenvalue weighted by Crippen LogP contribution is -1.93. The van der Waals surface area contributed by atoms with E-state index in [1.807, 2.05) is 43.3 Å². The van der Waals surface area contributed by atoms with E-state index in [9.17, 15) is 0 Å². The van der Waals surface area contributed by atoms with Crippen LogP contribution in [0.15, 0.2) is 36.4 Å². The molecule has 0 fully saturated rings. The fraction of sp³-hybridized carbons (Fsp3) is 0.154. The standard InChI is InChI=1S/C13H12ClNO/c1-9-3-8-12(13(15-9)16-2)10-4-6-11(14)7-5-10/h3-8H,1-2H3. The molecule has 2 nitrogen and oxygen atoms in total. The molecule has 0 unspecified atom stereocenters. The summed E-state index contributed by atoms with van der Waals surface area (Å²) >= 11 is 5.85. The maximum Gasteiger partial charge on any atom is 0.221 e. The molecule has 2 rings (SSSR count). The summed E-state index contributed by atoms with van der Waals surface area (Å²) in [7, 11) is 1.63. The van der Waals surface area contributed by atoms with Crippen LogP contribution in [0.1, 0.15) is 5.69 Å². The van der Waals surface area contributed by atoms with E-state index < -0.39 is 0 Å². The Bertz CT molecular complexity index is 494. The highest BCUT2D eigenvalue weighted by atomic mass is 35.5. The summed E-state index contributed by atoms with van der Waals surface area (Å²) in [5, 5.41) is 0.725. The number of halogens is 1. The van der Waals surface area contributed by atoms with Gasteiger partial charge in [-0.2, -0.15) is 0 Å². The quantitative estimate of drug-likeness (QED) is 0.789. The van der Waals surface area contributed by atoms with E-state index in [1.165, 1.54) is 0 Å². The molecular formula is C13H12ClNO. The third-order valence-electron chi connectivity index (χ3n) is 2.35. The van der Waals surface area contributed by atoms with Crippen LogP contribution in [0, 0.1) is 6.92 Å². The zero-order valence-electron chi connectivity index (χ0n) is 9.20. The van der Waals surface area contributed by atoms with Crippen LogP contribution >= 0.6 is 11.6 Å². The Kier molecular flexibility index (Phi) is 3.11. The molecule has 1 heterocycles. The van der Waals surface area contributed by atoms with Crippen LogP contribution in [0.25, 0.3) is 11.1 Å². The topological polar surface area (TPSA) is 22.1 Å². The van der Waals surface area contributed by atoms with Gasteiger partial charge in [-0.05, 0) is 36.8 Å². The number of aromatic nitrogens is 1. The molecule has 0 radical (unpaired) electrons. The van der Waals surface area contributed by atoms with Crippen molar-refractivity contribution in [2.24, 2.45) is 0 Å². The van der Waals surface area contributed by atoms with Gasteiger partial charge in [0.25, 0.3) is 0 Å². The van der Waals surface area contributed by atoms with E-state index in [1.54, 1.807) is 7.11 Å². The van der Waals surface area contributed by atoms with Gasteiger partial charge in [-0.3, -0.25) is 0 Å². The van der Waals surface area contributed by atoms with Gasteiger partial charge in [-0.1, -0.05) is 23.7 Å². The number of aryl methyl sites for hydroxylation is 1.